The SMILES string of the molecule is CC1(C)CC2C=CC=CC2C(C(C)(C)C2CCCC2)C1. The quantitative estimate of drug-likeness (QED) is 0.578. The normalized spacial score (nSPS) is 37.1. The summed E-state index contributed by atoms with van der Waals surface area (Å²) in [7, 11) is 0. The van der Waals surface area contributed by atoms with Gasteiger partial charge in [-0.3, -0.25) is 0 Å². The third-order valence-corrected chi connectivity index (χ3v) is 6.69. The van der Waals surface area contributed by atoms with Crippen molar-refractivity contribution in [2.45, 2.75) is 66.2 Å². The van der Waals surface area contributed by atoms with Crippen LogP contribution in [-0.4, -0.2) is 0 Å². The minimum atomic E-state index is 0.507. The molecule has 0 aromatic rings. The van der Waals surface area contributed by atoms with E-state index in [1.807, 2.05) is 0 Å². The van der Waals surface area contributed by atoms with E-state index in [9.17, 15) is 0 Å². The van der Waals surface area contributed by atoms with Crippen molar-refractivity contribution in [1.82, 2.24) is 0 Å². The van der Waals surface area contributed by atoms with Gasteiger partial charge in [0.25, 0.3) is 0 Å². The summed E-state index contributed by atoms with van der Waals surface area (Å²) in [5.74, 6) is 3.40. The Morgan fingerprint density at radius 2 is 1.60 bits per heavy atom. The van der Waals surface area contributed by atoms with Crippen LogP contribution in [0.15, 0.2) is 24.3 Å². The predicted octanol–water partition coefficient (Wildman–Crippen LogP) is 6.00. The van der Waals surface area contributed by atoms with E-state index in [1.54, 1.807) is 0 Å². The van der Waals surface area contributed by atoms with Gasteiger partial charge in [0.15, 0.2) is 0 Å². The highest BCUT2D eigenvalue weighted by Gasteiger charge is 2.48. The first kappa shape index (κ1) is 14.4. The Morgan fingerprint density at radius 1 is 0.950 bits per heavy atom. The summed E-state index contributed by atoms with van der Waals surface area (Å²) in [5, 5.41) is 0. The second kappa shape index (κ2) is 5.04. The van der Waals surface area contributed by atoms with E-state index in [2.05, 4.69) is 52.0 Å². The summed E-state index contributed by atoms with van der Waals surface area (Å²) < 4.78 is 0. The van der Waals surface area contributed by atoms with Crippen molar-refractivity contribution in [2.75, 3.05) is 0 Å². The van der Waals surface area contributed by atoms with Crippen molar-refractivity contribution < 1.29 is 0 Å². The number of rotatable bonds is 2. The largest absolute Gasteiger partial charge is 0.0808 e. The summed E-state index contributed by atoms with van der Waals surface area (Å²) in [4.78, 5) is 0. The summed E-state index contributed by atoms with van der Waals surface area (Å²) in [5.41, 5.74) is 1.02. The molecule has 20 heavy (non-hydrogen) atoms. The first-order chi connectivity index (χ1) is 9.40. The van der Waals surface area contributed by atoms with Gasteiger partial charge >= 0.3 is 0 Å². The summed E-state index contributed by atoms with van der Waals surface area (Å²) >= 11 is 0. The van der Waals surface area contributed by atoms with E-state index in [1.165, 1.54) is 38.5 Å². The van der Waals surface area contributed by atoms with Gasteiger partial charge in [0.1, 0.15) is 0 Å². The molecule has 0 aromatic carbocycles. The number of allylic oxidation sites excluding steroid dienone is 4. The zero-order valence-electron chi connectivity index (χ0n) is 13.9. The Balaban J connectivity index is 1.88. The van der Waals surface area contributed by atoms with Crippen LogP contribution >= 0.6 is 0 Å². The molecule has 2 fully saturated rings. The highest BCUT2D eigenvalue weighted by molar-refractivity contribution is 5.19. The summed E-state index contributed by atoms with van der Waals surface area (Å²) in [6, 6.07) is 0. The topological polar surface area (TPSA) is 0 Å². The van der Waals surface area contributed by atoms with Crippen molar-refractivity contribution in [2.24, 2.45) is 34.5 Å². The lowest BCUT2D eigenvalue weighted by molar-refractivity contribution is -0.00815. The minimum Gasteiger partial charge on any atom is -0.0808 e. The second-order valence-corrected chi connectivity index (χ2v) is 8.99. The molecule has 0 nitrogen and oxygen atoms in total. The molecule has 0 radical (unpaired) electrons. The first-order valence-corrected chi connectivity index (χ1v) is 8.75. The van der Waals surface area contributed by atoms with E-state index in [0.717, 1.165) is 23.7 Å². The van der Waals surface area contributed by atoms with Gasteiger partial charge in [0.2, 0.25) is 0 Å². The van der Waals surface area contributed by atoms with Gasteiger partial charge in [-0.15, -0.1) is 0 Å². The average Bonchev–Trinajstić information content (AvgIpc) is 2.91. The van der Waals surface area contributed by atoms with Crippen LogP contribution in [0.25, 0.3) is 0 Å². The monoisotopic (exact) mass is 272 g/mol. The molecular weight excluding hydrogens is 240 g/mol. The number of hydrogen-bond donors (Lipinski definition) is 0. The van der Waals surface area contributed by atoms with E-state index in [-0.39, 0.29) is 0 Å². The molecule has 0 aliphatic heterocycles. The fourth-order valence-corrected chi connectivity index (χ4v) is 5.49. The fourth-order valence-electron chi connectivity index (χ4n) is 5.49. The standard InChI is InChI=1S/C20H32/c1-19(2)13-15-9-5-8-12-17(15)18(14-19)20(3,4)16-10-6-7-11-16/h5,8-9,12,15-18H,6-7,10-11,13-14H2,1-4H3. The van der Waals surface area contributed by atoms with E-state index in [0.29, 0.717) is 10.8 Å². The average molecular weight is 272 g/mol. The van der Waals surface area contributed by atoms with E-state index < -0.39 is 0 Å². The Kier molecular flexibility index (Phi) is 3.63. The second-order valence-electron chi connectivity index (χ2n) is 8.99. The number of hydrogen-bond acceptors (Lipinski definition) is 0. The fraction of sp³-hybridized carbons (Fsp3) is 0.800. The smallest absolute Gasteiger partial charge is 0.0133 e. The molecule has 3 atom stereocenters. The molecule has 3 aliphatic carbocycles. The van der Waals surface area contributed by atoms with Crippen molar-refractivity contribution in [3.05, 3.63) is 24.3 Å². The minimum absolute atomic E-state index is 0.507. The predicted molar refractivity (Wildman–Crippen MR) is 87.5 cm³/mol. The molecule has 0 bridgehead atoms. The molecule has 0 heterocycles. The lowest BCUT2D eigenvalue weighted by Gasteiger charge is -2.53. The van der Waals surface area contributed by atoms with Crippen LogP contribution in [0.1, 0.15) is 66.2 Å². The van der Waals surface area contributed by atoms with Gasteiger partial charge in [-0.25, -0.2) is 0 Å². The Morgan fingerprint density at radius 3 is 2.30 bits per heavy atom. The molecule has 112 valence electrons. The van der Waals surface area contributed by atoms with Gasteiger partial charge in [0.05, 0.1) is 0 Å². The molecule has 0 N–H and O–H groups in total. The van der Waals surface area contributed by atoms with Crippen molar-refractivity contribution in [3.63, 3.8) is 0 Å². The molecule has 0 saturated heterocycles. The van der Waals surface area contributed by atoms with E-state index >= 15 is 0 Å². The van der Waals surface area contributed by atoms with Crippen LogP contribution in [0, 0.1) is 34.5 Å². The Hall–Kier alpha value is -0.520. The third kappa shape index (κ3) is 2.51. The zero-order chi connectivity index (χ0) is 14.4. The molecule has 0 amide bonds. The molecule has 3 unspecified atom stereocenters. The van der Waals surface area contributed by atoms with Gasteiger partial charge in [-0.1, -0.05) is 64.8 Å². The van der Waals surface area contributed by atoms with Gasteiger partial charge < -0.3 is 0 Å². The number of fused-ring (bicyclic) bond motifs is 1. The van der Waals surface area contributed by atoms with Crippen LogP contribution in [0.4, 0.5) is 0 Å². The molecule has 3 rings (SSSR count). The lowest BCUT2D eigenvalue weighted by Crippen LogP contribution is -2.45. The molecule has 0 spiro atoms. The van der Waals surface area contributed by atoms with Crippen LogP contribution in [0.2, 0.25) is 0 Å². The van der Waals surface area contributed by atoms with Crippen molar-refractivity contribution in [3.8, 4) is 0 Å². The molecular formula is C20H32. The van der Waals surface area contributed by atoms with E-state index in [4.69, 9.17) is 0 Å². The van der Waals surface area contributed by atoms with Crippen LogP contribution < -0.4 is 0 Å². The van der Waals surface area contributed by atoms with Crippen LogP contribution in [0.5, 0.6) is 0 Å². The maximum atomic E-state index is 2.58. The molecule has 0 aromatic heterocycles. The van der Waals surface area contributed by atoms with Gasteiger partial charge in [-0.2, -0.15) is 0 Å². The van der Waals surface area contributed by atoms with Crippen LogP contribution in [-0.2, 0) is 0 Å². The molecule has 2 saturated carbocycles. The highest BCUT2D eigenvalue weighted by atomic mass is 14.5. The maximum absolute atomic E-state index is 2.58. The third-order valence-electron chi connectivity index (χ3n) is 6.69. The maximum Gasteiger partial charge on any atom is -0.0133 e. The Bertz CT molecular complexity index is 404. The van der Waals surface area contributed by atoms with Gasteiger partial charge in [-0.05, 0) is 60.2 Å². The molecule has 0 heteroatoms. The van der Waals surface area contributed by atoms with Crippen molar-refractivity contribution >= 4 is 0 Å². The van der Waals surface area contributed by atoms with Crippen molar-refractivity contribution in [1.29, 1.82) is 0 Å². The van der Waals surface area contributed by atoms with Crippen LogP contribution in [0.3, 0.4) is 0 Å². The lowest BCUT2D eigenvalue weighted by atomic mass is 9.52. The highest BCUT2D eigenvalue weighted by Crippen LogP contribution is 2.57. The molecule has 3 aliphatic rings. The van der Waals surface area contributed by atoms with Gasteiger partial charge in [0, 0.05) is 0 Å². The summed E-state index contributed by atoms with van der Waals surface area (Å²) in [6.07, 6.45) is 18.3. The summed E-state index contributed by atoms with van der Waals surface area (Å²) in [6.45, 7) is 10.1. The first-order valence-electron chi connectivity index (χ1n) is 8.75. The Labute approximate surface area is 125 Å². The zero-order valence-corrected chi connectivity index (χ0v) is 13.9.